The Morgan fingerprint density at radius 2 is 1.56 bits per heavy atom. The quantitative estimate of drug-likeness (QED) is 0.0699. The molecule has 1 aliphatic heterocycles. The number of nitrogens with one attached hydrogen (secondary N) is 1. The fraction of sp³-hybridized carbons (Fsp3) is 0.424. The minimum absolute atomic E-state index is 0.208. The number of hydroxylamine groups is 2. The van der Waals surface area contributed by atoms with Gasteiger partial charge >= 0.3 is 6.03 Å². The molecular weight excluding hydrogens is 664 g/mol. The maximum Gasteiger partial charge on any atom is 0.345 e. The summed E-state index contributed by atoms with van der Waals surface area (Å²) in [6.07, 6.45) is 2.47. The van der Waals surface area contributed by atoms with Crippen molar-refractivity contribution in [1.29, 1.82) is 0 Å². The van der Waals surface area contributed by atoms with E-state index in [1.165, 1.54) is 0 Å². The summed E-state index contributed by atoms with van der Waals surface area (Å²) in [4.78, 5) is 14.1. The fourth-order valence-corrected chi connectivity index (χ4v) is 6.46. The van der Waals surface area contributed by atoms with Gasteiger partial charge in [0.05, 0.1) is 59.5 Å². The van der Waals surface area contributed by atoms with Crippen molar-refractivity contribution in [3.8, 4) is 28.7 Å². The highest BCUT2D eigenvalue weighted by molar-refractivity contribution is 9.10. The van der Waals surface area contributed by atoms with E-state index in [9.17, 15) is 10.0 Å². The average Bonchev–Trinajstić information content (AvgIpc) is 3.56. The SMILES string of the molecule is CCCCN(O)C(=O)Nc1cc([C@H]2CC[C@H](c3cc(OC)c(OC)c(OC)c3)O2)cc(OC)c1OCCSc1ccccc1Br. The van der Waals surface area contributed by atoms with Crippen LogP contribution in [0.2, 0.25) is 0 Å². The van der Waals surface area contributed by atoms with Crippen LogP contribution >= 0.6 is 27.7 Å². The predicted molar refractivity (Wildman–Crippen MR) is 178 cm³/mol. The number of carbonyl (C=O) groups is 1. The van der Waals surface area contributed by atoms with Crippen molar-refractivity contribution in [2.75, 3.05) is 52.7 Å². The number of carbonyl (C=O) groups excluding carboxylic acids is 1. The predicted octanol–water partition coefficient (Wildman–Crippen LogP) is 8.27. The first-order valence-electron chi connectivity index (χ1n) is 14.8. The molecule has 4 rings (SSSR count). The number of anilines is 1. The van der Waals surface area contributed by atoms with E-state index in [4.69, 9.17) is 28.4 Å². The molecule has 2 amide bonds. The van der Waals surface area contributed by atoms with Gasteiger partial charge in [-0.15, -0.1) is 11.8 Å². The van der Waals surface area contributed by atoms with Gasteiger partial charge in [-0.3, -0.25) is 5.21 Å². The minimum atomic E-state index is -0.655. The molecule has 1 fully saturated rings. The average molecular weight is 706 g/mol. The van der Waals surface area contributed by atoms with Crippen molar-refractivity contribution < 1.29 is 38.4 Å². The molecule has 0 aromatic heterocycles. The Hall–Kier alpha value is -3.32. The van der Waals surface area contributed by atoms with Crippen molar-refractivity contribution in [3.63, 3.8) is 0 Å². The van der Waals surface area contributed by atoms with Crippen LogP contribution < -0.4 is 29.0 Å². The van der Waals surface area contributed by atoms with Crippen LogP contribution in [0.25, 0.3) is 0 Å². The van der Waals surface area contributed by atoms with E-state index < -0.39 is 6.03 Å². The van der Waals surface area contributed by atoms with Crippen LogP contribution in [0, 0.1) is 0 Å². The maximum absolute atomic E-state index is 13.0. The zero-order valence-electron chi connectivity index (χ0n) is 26.3. The number of ether oxygens (including phenoxy) is 6. The van der Waals surface area contributed by atoms with Crippen LogP contribution in [0.4, 0.5) is 10.5 Å². The highest BCUT2D eigenvalue weighted by Gasteiger charge is 2.31. The number of hydrogen-bond acceptors (Lipinski definition) is 9. The molecular formula is C33H41BrN2O8S. The monoisotopic (exact) mass is 704 g/mol. The highest BCUT2D eigenvalue weighted by atomic mass is 79.9. The number of hydrogen-bond donors (Lipinski definition) is 2. The number of amides is 2. The van der Waals surface area contributed by atoms with E-state index >= 15 is 0 Å². The Bertz CT molecular complexity index is 1420. The molecule has 3 aromatic rings. The summed E-state index contributed by atoms with van der Waals surface area (Å²) in [6, 6.07) is 14.8. The molecule has 10 nitrogen and oxygen atoms in total. The summed E-state index contributed by atoms with van der Waals surface area (Å²) in [5.74, 6) is 3.12. The number of nitrogens with zero attached hydrogens (tertiary/aromatic N) is 1. The number of benzene rings is 3. The Labute approximate surface area is 277 Å². The van der Waals surface area contributed by atoms with Crippen LogP contribution in [0.5, 0.6) is 28.7 Å². The van der Waals surface area contributed by atoms with Crippen molar-refractivity contribution in [1.82, 2.24) is 5.06 Å². The van der Waals surface area contributed by atoms with Gasteiger partial charge in [-0.2, -0.15) is 0 Å². The molecule has 1 saturated heterocycles. The van der Waals surface area contributed by atoms with Gasteiger partial charge in [-0.1, -0.05) is 25.5 Å². The molecule has 0 aliphatic carbocycles. The van der Waals surface area contributed by atoms with Crippen molar-refractivity contribution in [2.24, 2.45) is 0 Å². The molecule has 2 N–H and O–H groups in total. The lowest BCUT2D eigenvalue weighted by Crippen LogP contribution is -2.33. The van der Waals surface area contributed by atoms with Gasteiger partial charge in [-0.25, -0.2) is 9.86 Å². The van der Waals surface area contributed by atoms with E-state index in [0.717, 1.165) is 39.8 Å². The Morgan fingerprint density at radius 1 is 0.956 bits per heavy atom. The molecule has 0 spiro atoms. The second-order valence-corrected chi connectivity index (χ2v) is 12.3. The molecule has 45 heavy (non-hydrogen) atoms. The van der Waals surface area contributed by atoms with Gasteiger partial charge in [0.2, 0.25) is 5.75 Å². The second kappa shape index (κ2) is 16.8. The molecule has 1 heterocycles. The molecule has 2 atom stereocenters. The summed E-state index contributed by atoms with van der Waals surface area (Å²) < 4.78 is 36.1. The Morgan fingerprint density at radius 3 is 2.13 bits per heavy atom. The van der Waals surface area contributed by atoms with Gasteiger partial charge in [-0.05, 0) is 82.7 Å². The molecule has 0 bridgehead atoms. The number of thioether (sulfide) groups is 1. The first kappa shape index (κ1) is 34.6. The lowest BCUT2D eigenvalue weighted by molar-refractivity contribution is -0.0379. The van der Waals surface area contributed by atoms with E-state index in [-0.39, 0.29) is 18.8 Å². The number of urea groups is 1. The van der Waals surface area contributed by atoms with Crippen molar-refractivity contribution in [2.45, 2.75) is 49.7 Å². The van der Waals surface area contributed by atoms with E-state index in [0.29, 0.717) is 58.3 Å². The number of unbranched alkanes of at least 4 members (excludes halogenated alkanes) is 1. The largest absolute Gasteiger partial charge is 0.493 e. The number of halogens is 1. The molecule has 3 aromatic carbocycles. The molecule has 1 aliphatic rings. The maximum atomic E-state index is 13.0. The number of rotatable bonds is 15. The van der Waals surface area contributed by atoms with Crippen molar-refractivity contribution >= 4 is 39.4 Å². The summed E-state index contributed by atoms with van der Waals surface area (Å²) in [7, 11) is 6.29. The zero-order valence-corrected chi connectivity index (χ0v) is 28.7. The summed E-state index contributed by atoms with van der Waals surface area (Å²) in [6.45, 7) is 2.55. The lowest BCUT2D eigenvalue weighted by Gasteiger charge is -2.22. The van der Waals surface area contributed by atoms with Gasteiger partial charge in [0, 0.05) is 15.1 Å². The number of methoxy groups -OCH3 is 4. The molecule has 244 valence electrons. The molecule has 12 heteroatoms. The van der Waals surface area contributed by atoms with Crippen LogP contribution in [0.1, 0.15) is 55.9 Å². The van der Waals surface area contributed by atoms with Crippen LogP contribution in [-0.2, 0) is 4.74 Å². The van der Waals surface area contributed by atoms with E-state index in [1.54, 1.807) is 40.2 Å². The van der Waals surface area contributed by atoms with Gasteiger partial charge in [0.15, 0.2) is 23.0 Å². The first-order valence-corrected chi connectivity index (χ1v) is 16.6. The Balaban J connectivity index is 1.58. The normalized spacial score (nSPS) is 15.8. The van der Waals surface area contributed by atoms with Crippen LogP contribution in [0.3, 0.4) is 0 Å². The second-order valence-electron chi connectivity index (χ2n) is 10.3. The summed E-state index contributed by atoms with van der Waals surface area (Å²) >= 11 is 5.23. The topological polar surface area (TPSA) is 108 Å². The van der Waals surface area contributed by atoms with Crippen molar-refractivity contribution in [3.05, 3.63) is 64.1 Å². The first-order chi connectivity index (χ1) is 21.8. The van der Waals surface area contributed by atoms with Crippen LogP contribution in [0.15, 0.2) is 57.9 Å². The van der Waals surface area contributed by atoms with Gasteiger partial charge in [0.25, 0.3) is 0 Å². The zero-order chi connectivity index (χ0) is 32.3. The molecule has 0 saturated carbocycles. The molecule has 0 radical (unpaired) electrons. The third-order valence-electron chi connectivity index (χ3n) is 7.37. The minimum Gasteiger partial charge on any atom is -0.493 e. The van der Waals surface area contributed by atoms with E-state index in [1.807, 2.05) is 55.5 Å². The fourth-order valence-electron chi connectivity index (χ4n) is 5.06. The summed E-state index contributed by atoms with van der Waals surface area (Å²) in [5, 5.41) is 13.9. The van der Waals surface area contributed by atoms with Gasteiger partial charge < -0.3 is 33.7 Å². The molecule has 0 unspecified atom stereocenters. The smallest absolute Gasteiger partial charge is 0.345 e. The van der Waals surface area contributed by atoms with E-state index in [2.05, 4.69) is 21.2 Å². The third kappa shape index (κ3) is 8.69. The highest BCUT2D eigenvalue weighted by Crippen LogP contribution is 2.48. The van der Waals surface area contributed by atoms with Gasteiger partial charge in [0.1, 0.15) is 0 Å². The standard InChI is InChI=1S/C33H41BrN2O8S/c1-6-7-14-36(38)33(37)35-24-17-21(18-27(39-2)31(24)43-15-16-45-30-11-9-8-10-23(30)34)25-12-13-26(44-25)22-19-28(40-3)32(42-5)29(20-22)41-4/h8-11,17-20,25-26,38H,6-7,12-16H2,1-5H3,(H,35,37)/t25-,26-/m1/s1. The Kier molecular flexibility index (Phi) is 12.9. The lowest BCUT2D eigenvalue weighted by atomic mass is 10.0. The summed E-state index contributed by atoms with van der Waals surface area (Å²) in [5.41, 5.74) is 2.10. The third-order valence-corrected chi connectivity index (χ3v) is 9.36. The van der Waals surface area contributed by atoms with Crippen LogP contribution in [-0.4, -0.2) is 63.6 Å².